The zero-order chi connectivity index (χ0) is 26.3. The lowest BCUT2D eigenvalue weighted by molar-refractivity contribution is -0.144. The van der Waals surface area contributed by atoms with Crippen molar-refractivity contribution in [3.8, 4) is 5.75 Å². The lowest BCUT2D eigenvalue weighted by Gasteiger charge is -2.34. The van der Waals surface area contributed by atoms with E-state index in [4.69, 9.17) is 4.74 Å². The van der Waals surface area contributed by atoms with E-state index in [0.717, 1.165) is 17.0 Å². The third kappa shape index (κ3) is 4.23. The van der Waals surface area contributed by atoms with Gasteiger partial charge in [-0.3, -0.25) is 14.5 Å². The van der Waals surface area contributed by atoms with Gasteiger partial charge in [-0.15, -0.1) is 0 Å². The topological polar surface area (TPSA) is 58.6 Å². The number of hydrogen-bond donors (Lipinski definition) is 1. The van der Waals surface area contributed by atoms with Gasteiger partial charge in [-0.2, -0.15) is 0 Å². The van der Waals surface area contributed by atoms with Crippen LogP contribution in [0.2, 0.25) is 0 Å². The Morgan fingerprint density at radius 3 is 2.03 bits per heavy atom. The maximum atomic E-state index is 14.5. The van der Waals surface area contributed by atoms with Gasteiger partial charge < -0.3 is 10.1 Å². The monoisotopic (exact) mass is 494 g/mol. The molecule has 1 aliphatic rings. The lowest BCUT2D eigenvalue weighted by atomic mass is 9.82. The third-order valence-corrected chi connectivity index (χ3v) is 5.98. The summed E-state index contributed by atoms with van der Waals surface area (Å²) in [4.78, 5) is 29.0. The number of benzene rings is 3. The Morgan fingerprint density at radius 1 is 0.917 bits per heavy atom. The van der Waals surface area contributed by atoms with Gasteiger partial charge in [-0.05, 0) is 74.4 Å². The first-order chi connectivity index (χ1) is 17.0. The molecule has 1 fully saturated rings. The summed E-state index contributed by atoms with van der Waals surface area (Å²) in [6.07, 6.45) is 1.50. The summed E-state index contributed by atoms with van der Waals surface area (Å²) in [5.74, 6) is -5.47. The fourth-order valence-electron chi connectivity index (χ4n) is 4.29. The number of rotatable bonds is 5. The van der Waals surface area contributed by atoms with Crippen molar-refractivity contribution in [3.05, 3.63) is 101 Å². The lowest BCUT2D eigenvalue weighted by Crippen LogP contribution is -2.50. The van der Waals surface area contributed by atoms with Gasteiger partial charge in [-0.25, -0.2) is 13.2 Å². The van der Waals surface area contributed by atoms with Crippen molar-refractivity contribution < 1.29 is 27.5 Å². The maximum Gasteiger partial charge on any atom is 0.265 e. The van der Waals surface area contributed by atoms with Gasteiger partial charge in [0, 0.05) is 11.2 Å². The van der Waals surface area contributed by atoms with Crippen LogP contribution in [0.1, 0.15) is 31.9 Å². The molecule has 5 nitrogen and oxygen atoms in total. The highest BCUT2D eigenvalue weighted by atomic mass is 19.2. The first-order valence-electron chi connectivity index (χ1n) is 11.2. The van der Waals surface area contributed by atoms with E-state index in [0.29, 0.717) is 17.0 Å². The highest BCUT2D eigenvalue weighted by Crippen LogP contribution is 2.45. The number of methoxy groups -OCH3 is 1. The molecule has 1 aliphatic heterocycles. The summed E-state index contributed by atoms with van der Waals surface area (Å²) in [5.41, 5.74) is -2.36. The first-order valence-corrected chi connectivity index (χ1v) is 11.2. The van der Waals surface area contributed by atoms with E-state index in [-0.39, 0.29) is 11.1 Å². The number of ether oxygens (including phenoxy) is 1. The normalized spacial score (nSPS) is 19.2. The molecule has 8 heteroatoms. The van der Waals surface area contributed by atoms with Gasteiger partial charge in [0.1, 0.15) is 5.75 Å². The molecule has 186 valence electrons. The van der Waals surface area contributed by atoms with Gasteiger partial charge in [0.25, 0.3) is 11.8 Å². The van der Waals surface area contributed by atoms with Crippen molar-refractivity contribution in [2.45, 2.75) is 31.8 Å². The second-order valence-corrected chi connectivity index (χ2v) is 9.44. The molecule has 0 radical (unpaired) electrons. The SMILES string of the molecule is COc1ccc(NC2(c3cc(F)c(F)c(F)c3)C(=O)N(C(C)(C)C)C(=O)C2=Cc2ccccc2)cc1. The van der Waals surface area contributed by atoms with Crippen molar-refractivity contribution in [1.29, 1.82) is 0 Å². The molecular formula is C28H25F3N2O3. The van der Waals surface area contributed by atoms with Gasteiger partial charge in [-0.1, -0.05) is 30.3 Å². The molecule has 2 amide bonds. The van der Waals surface area contributed by atoms with Crippen LogP contribution in [0.5, 0.6) is 5.75 Å². The summed E-state index contributed by atoms with van der Waals surface area (Å²) >= 11 is 0. The zero-order valence-corrected chi connectivity index (χ0v) is 20.2. The van der Waals surface area contributed by atoms with Crippen molar-refractivity contribution >= 4 is 23.6 Å². The number of carbonyl (C=O) groups excluding carboxylic acids is 2. The van der Waals surface area contributed by atoms with Crippen LogP contribution in [-0.4, -0.2) is 29.4 Å². The number of halogens is 3. The van der Waals surface area contributed by atoms with E-state index >= 15 is 0 Å². The van der Waals surface area contributed by atoms with E-state index in [2.05, 4.69) is 5.32 Å². The molecule has 0 aromatic heterocycles. The van der Waals surface area contributed by atoms with Crippen LogP contribution < -0.4 is 10.1 Å². The molecular weight excluding hydrogens is 469 g/mol. The standard InChI is InChI=1S/C28H25F3N2O3/c1-27(2,3)33-25(34)21(14-17-8-6-5-7-9-17)28(26(33)35,18-15-22(29)24(31)23(30)16-18)32-19-10-12-20(36-4)13-11-19/h5-16,32H,1-4H3. The molecule has 1 N–H and O–H groups in total. The minimum absolute atomic E-state index is 0.0603. The molecule has 0 bridgehead atoms. The summed E-state index contributed by atoms with van der Waals surface area (Å²) in [7, 11) is 1.50. The molecule has 3 aromatic carbocycles. The molecule has 1 atom stereocenters. The zero-order valence-electron chi connectivity index (χ0n) is 20.2. The summed E-state index contributed by atoms with van der Waals surface area (Å²) < 4.78 is 48.2. The van der Waals surface area contributed by atoms with Crippen LogP contribution in [-0.2, 0) is 15.1 Å². The Balaban J connectivity index is 2.05. The van der Waals surface area contributed by atoms with Crippen LogP contribution in [0.4, 0.5) is 18.9 Å². The Kier molecular flexibility index (Phi) is 6.39. The molecule has 3 aromatic rings. The number of likely N-dealkylation sites (tertiary alicyclic amines) is 1. The Morgan fingerprint density at radius 2 is 1.50 bits per heavy atom. The molecule has 1 heterocycles. The molecule has 0 aliphatic carbocycles. The average molecular weight is 495 g/mol. The maximum absolute atomic E-state index is 14.5. The van der Waals surface area contributed by atoms with Crippen LogP contribution in [0, 0.1) is 17.5 Å². The van der Waals surface area contributed by atoms with E-state index in [1.807, 2.05) is 0 Å². The molecule has 4 rings (SSSR count). The summed E-state index contributed by atoms with van der Waals surface area (Å²) in [5, 5.41) is 3.06. The van der Waals surface area contributed by atoms with Gasteiger partial charge in [0.15, 0.2) is 23.0 Å². The largest absolute Gasteiger partial charge is 0.497 e. The van der Waals surface area contributed by atoms with E-state index in [1.165, 1.54) is 13.2 Å². The number of imide groups is 1. The van der Waals surface area contributed by atoms with Gasteiger partial charge in [0.2, 0.25) is 0 Å². The number of nitrogens with one attached hydrogen (secondary N) is 1. The predicted octanol–water partition coefficient (Wildman–Crippen LogP) is 5.67. The second-order valence-electron chi connectivity index (χ2n) is 9.44. The predicted molar refractivity (Wildman–Crippen MR) is 131 cm³/mol. The van der Waals surface area contributed by atoms with Crippen LogP contribution in [0.3, 0.4) is 0 Å². The van der Waals surface area contributed by atoms with Crippen molar-refractivity contribution in [2.75, 3.05) is 12.4 Å². The van der Waals surface area contributed by atoms with Crippen LogP contribution >= 0.6 is 0 Å². The quantitative estimate of drug-likeness (QED) is 0.282. The summed E-state index contributed by atoms with van der Waals surface area (Å²) in [6, 6.07) is 16.7. The van der Waals surface area contributed by atoms with E-state index in [9.17, 15) is 22.8 Å². The number of nitrogens with zero attached hydrogens (tertiary/aromatic N) is 1. The van der Waals surface area contributed by atoms with Crippen molar-refractivity contribution in [2.24, 2.45) is 0 Å². The third-order valence-electron chi connectivity index (χ3n) is 5.98. The molecule has 36 heavy (non-hydrogen) atoms. The Hall–Kier alpha value is -4.07. The smallest absolute Gasteiger partial charge is 0.265 e. The fraction of sp³-hybridized carbons (Fsp3) is 0.214. The molecule has 1 saturated heterocycles. The van der Waals surface area contributed by atoms with Crippen molar-refractivity contribution in [3.63, 3.8) is 0 Å². The minimum Gasteiger partial charge on any atom is -0.497 e. The van der Waals surface area contributed by atoms with E-state index < -0.39 is 40.3 Å². The average Bonchev–Trinajstić information content (AvgIpc) is 3.05. The minimum atomic E-state index is -2.05. The van der Waals surface area contributed by atoms with Gasteiger partial charge in [0.05, 0.1) is 12.7 Å². The molecule has 0 spiro atoms. The highest BCUT2D eigenvalue weighted by molar-refractivity contribution is 6.23. The fourth-order valence-corrected chi connectivity index (χ4v) is 4.29. The number of amides is 2. The second kappa shape index (κ2) is 9.18. The number of carbonyl (C=O) groups is 2. The first kappa shape index (κ1) is 25.0. The van der Waals surface area contributed by atoms with E-state index in [1.54, 1.807) is 75.4 Å². The molecule has 0 saturated carbocycles. The number of anilines is 1. The highest BCUT2D eigenvalue weighted by Gasteiger charge is 2.60. The van der Waals surface area contributed by atoms with Crippen LogP contribution in [0.15, 0.2) is 72.3 Å². The molecule has 1 unspecified atom stereocenters. The van der Waals surface area contributed by atoms with Crippen molar-refractivity contribution in [1.82, 2.24) is 4.90 Å². The number of hydrogen-bond acceptors (Lipinski definition) is 4. The Labute approximate surface area is 207 Å². The summed E-state index contributed by atoms with van der Waals surface area (Å²) in [6.45, 7) is 5.04. The van der Waals surface area contributed by atoms with Crippen LogP contribution in [0.25, 0.3) is 6.08 Å². The Bertz CT molecular complexity index is 1330. The van der Waals surface area contributed by atoms with Gasteiger partial charge >= 0.3 is 0 Å².